The van der Waals surface area contributed by atoms with Gasteiger partial charge in [0, 0.05) is 11.6 Å². The van der Waals surface area contributed by atoms with E-state index in [0.29, 0.717) is 0 Å². The highest BCUT2D eigenvalue weighted by Gasteiger charge is 2.23. The average Bonchev–Trinajstić information content (AvgIpc) is 2.55. The van der Waals surface area contributed by atoms with Gasteiger partial charge < -0.3 is 26.3 Å². The number of rotatable bonds is 5. The summed E-state index contributed by atoms with van der Waals surface area (Å²) in [6.45, 7) is 1.18. The molecule has 0 aliphatic rings. The van der Waals surface area contributed by atoms with Crippen LogP contribution in [0.5, 0.6) is 11.8 Å². The molecule has 1 heterocycles. The maximum atomic E-state index is 11.0. The van der Waals surface area contributed by atoms with E-state index >= 15 is 0 Å². The predicted molar refractivity (Wildman–Crippen MR) is 56.3 cm³/mol. The zero-order valence-electron chi connectivity index (χ0n) is 9.16. The molecule has 0 aromatic carbocycles. The van der Waals surface area contributed by atoms with E-state index in [-0.39, 0.29) is 23.9 Å². The minimum atomic E-state index is -1.36. The number of nitrogens with one attached hydrogen (secondary N) is 1. The second kappa shape index (κ2) is 5.04. The van der Waals surface area contributed by atoms with E-state index in [4.69, 9.17) is 16.0 Å². The SMILES string of the molecule is C[C@H](C(N)=O)c1cc(O)n(C[C@H](O)NO)c1O. The fourth-order valence-corrected chi connectivity index (χ4v) is 1.41. The Morgan fingerprint density at radius 3 is 2.65 bits per heavy atom. The molecule has 1 rings (SSSR count). The minimum Gasteiger partial charge on any atom is -0.494 e. The van der Waals surface area contributed by atoms with E-state index in [9.17, 15) is 15.0 Å². The standard InChI is InChI=1S/C9H15N3O5/c1-4(8(10)15)5-2-7(14)12(9(5)16)3-6(13)11-17/h2,4,6,11,13-14,16-17H,3H2,1H3,(H2,10,15)/t4-,6-/m0/s1. The Kier molecular flexibility index (Phi) is 3.94. The Hall–Kier alpha value is -1.77. The predicted octanol–water partition coefficient (Wildman–Crippen LogP) is -1.21. The molecule has 1 aromatic rings. The highest BCUT2D eigenvalue weighted by molar-refractivity contribution is 5.82. The van der Waals surface area contributed by atoms with Gasteiger partial charge in [-0.05, 0) is 6.92 Å². The Labute approximate surface area is 96.9 Å². The number of hydroxylamine groups is 1. The molecule has 17 heavy (non-hydrogen) atoms. The van der Waals surface area contributed by atoms with Crippen molar-refractivity contribution in [3.63, 3.8) is 0 Å². The molecule has 1 amide bonds. The van der Waals surface area contributed by atoms with Crippen molar-refractivity contribution in [1.82, 2.24) is 10.0 Å². The van der Waals surface area contributed by atoms with Crippen molar-refractivity contribution in [2.45, 2.75) is 25.6 Å². The summed E-state index contributed by atoms with van der Waals surface area (Å²) in [4.78, 5) is 11.0. The number of hydrogen-bond acceptors (Lipinski definition) is 6. The fraction of sp³-hybridized carbons (Fsp3) is 0.444. The molecule has 8 heteroatoms. The summed E-state index contributed by atoms with van der Waals surface area (Å²) in [7, 11) is 0. The minimum absolute atomic E-state index is 0.153. The molecule has 0 radical (unpaired) electrons. The molecule has 8 nitrogen and oxygen atoms in total. The lowest BCUT2D eigenvalue weighted by molar-refractivity contribution is -0.119. The van der Waals surface area contributed by atoms with Gasteiger partial charge in [-0.3, -0.25) is 9.36 Å². The topological polar surface area (TPSA) is 141 Å². The van der Waals surface area contributed by atoms with Crippen LogP contribution in [-0.4, -0.2) is 37.2 Å². The maximum absolute atomic E-state index is 11.0. The third kappa shape index (κ3) is 2.67. The number of aromatic hydroxyl groups is 2. The third-order valence-electron chi connectivity index (χ3n) is 2.47. The average molecular weight is 245 g/mol. The van der Waals surface area contributed by atoms with Gasteiger partial charge in [0.25, 0.3) is 0 Å². The molecule has 0 bridgehead atoms. The van der Waals surface area contributed by atoms with Gasteiger partial charge in [-0.25, -0.2) is 0 Å². The van der Waals surface area contributed by atoms with Crippen LogP contribution in [0.1, 0.15) is 18.4 Å². The first-order valence-electron chi connectivity index (χ1n) is 4.86. The molecule has 0 aliphatic heterocycles. The van der Waals surface area contributed by atoms with E-state index in [1.54, 1.807) is 5.48 Å². The van der Waals surface area contributed by atoms with Gasteiger partial charge in [0.15, 0.2) is 11.8 Å². The summed E-state index contributed by atoms with van der Waals surface area (Å²) in [5.41, 5.74) is 6.78. The number of nitrogens with two attached hydrogens (primary N) is 1. The summed E-state index contributed by atoms with van der Waals surface area (Å²) in [5.74, 6) is -2.16. The Balaban J connectivity index is 3.05. The van der Waals surface area contributed by atoms with Crippen LogP contribution < -0.4 is 11.2 Å². The number of aromatic nitrogens is 1. The number of aliphatic hydroxyl groups is 1. The van der Waals surface area contributed by atoms with Crippen LogP contribution >= 0.6 is 0 Å². The van der Waals surface area contributed by atoms with E-state index in [2.05, 4.69) is 0 Å². The Bertz CT molecular complexity index is 417. The van der Waals surface area contributed by atoms with Gasteiger partial charge in [0.05, 0.1) is 12.5 Å². The van der Waals surface area contributed by atoms with Crippen LogP contribution in [0, 0.1) is 0 Å². The summed E-state index contributed by atoms with van der Waals surface area (Å²) in [6, 6.07) is 1.18. The van der Waals surface area contributed by atoms with Gasteiger partial charge in [-0.2, -0.15) is 5.48 Å². The van der Waals surface area contributed by atoms with Crippen LogP contribution in [0.25, 0.3) is 0 Å². The maximum Gasteiger partial charge on any atom is 0.224 e. The normalized spacial score (nSPS) is 14.5. The Morgan fingerprint density at radius 1 is 1.59 bits per heavy atom. The summed E-state index contributed by atoms with van der Waals surface area (Å²) < 4.78 is 0.933. The molecular weight excluding hydrogens is 230 g/mol. The van der Waals surface area contributed by atoms with E-state index in [1.165, 1.54) is 13.0 Å². The summed E-state index contributed by atoms with van der Waals surface area (Å²) in [5, 5.41) is 36.8. The molecule has 0 saturated carbocycles. The molecule has 7 N–H and O–H groups in total. The number of carbonyl (C=O) groups excluding carboxylic acids is 1. The molecule has 0 spiro atoms. The summed E-state index contributed by atoms with van der Waals surface area (Å²) in [6.07, 6.45) is -1.36. The molecule has 1 aromatic heterocycles. The lowest BCUT2D eigenvalue weighted by Gasteiger charge is -2.12. The smallest absolute Gasteiger partial charge is 0.224 e. The number of primary amides is 1. The second-order valence-corrected chi connectivity index (χ2v) is 3.66. The fourth-order valence-electron chi connectivity index (χ4n) is 1.41. The Morgan fingerprint density at radius 2 is 2.18 bits per heavy atom. The largest absolute Gasteiger partial charge is 0.494 e. The molecule has 96 valence electrons. The van der Waals surface area contributed by atoms with Crippen molar-refractivity contribution in [3.8, 4) is 11.8 Å². The zero-order valence-corrected chi connectivity index (χ0v) is 9.16. The number of amides is 1. The van der Waals surface area contributed by atoms with Gasteiger partial charge in [-0.15, -0.1) is 0 Å². The van der Waals surface area contributed by atoms with Crippen molar-refractivity contribution >= 4 is 5.91 Å². The molecule has 0 unspecified atom stereocenters. The van der Waals surface area contributed by atoms with E-state index < -0.39 is 18.1 Å². The molecule has 0 fully saturated rings. The van der Waals surface area contributed by atoms with Crippen LogP contribution in [0.4, 0.5) is 0 Å². The van der Waals surface area contributed by atoms with Gasteiger partial charge in [-0.1, -0.05) is 0 Å². The molecule has 0 aliphatic carbocycles. The van der Waals surface area contributed by atoms with Crippen LogP contribution in [0.3, 0.4) is 0 Å². The zero-order chi connectivity index (χ0) is 13.2. The number of aliphatic hydroxyl groups excluding tert-OH is 1. The second-order valence-electron chi connectivity index (χ2n) is 3.66. The number of carbonyl (C=O) groups is 1. The van der Waals surface area contributed by atoms with Crippen LogP contribution in [0.15, 0.2) is 6.07 Å². The summed E-state index contributed by atoms with van der Waals surface area (Å²) >= 11 is 0. The van der Waals surface area contributed by atoms with Gasteiger partial charge in [0.2, 0.25) is 5.91 Å². The quantitative estimate of drug-likeness (QED) is 0.284. The van der Waals surface area contributed by atoms with E-state index in [1.807, 2.05) is 0 Å². The monoisotopic (exact) mass is 245 g/mol. The lowest BCUT2D eigenvalue weighted by atomic mass is 10.0. The van der Waals surface area contributed by atoms with Crippen LogP contribution in [0.2, 0.25) is 0 Å². The third-order valence-corrected chi connectivity index (χ3v) is 2.47. The van der Waals surface area contributed by atoms with Crippen LogP contribution in [-0.2, 0) is 11.3 Å². The number of hydrogen-bond donors (Lipinski definition) is 6. The first-order chi connectivity index (χ1) is 7.88. The van der Waals surface area contributed by atoms with Crippen molar-refractivity contribution < 1.29 is 25.3 Å². The van der Waals surface area contributed by atoms with Crippen molar-refractivity contribution in [1.29, 1.82) is 0 Å². The lowest BCUT2D eigenvalue weighted by Crippen LogP contribution is -2.29. The molecule has 0 saturated heterocycles. The van der Waals surface area contributed by atoms with Crippen molar-refractivity contribution in [3.05, 3.63) is 11.6 Å². The van der Waals surface area contributed by atoms with E-state index in [0.717, 1.165) is 4.57 Å². The highest BCUT2D eigenvalue weighted by Crippen LogP contribution is 2.33. The molecular formula is C9H15N3O5. The van der Waals surface area contributed by atoms with Crippen molar-refractivity contribution in [2.75, 3.05) is 0 Å². The first-order valence-corrected chi connectivity index (χ1v) is 4.86. The highest BCUT2D eigenvalue weighted by atomic mass is 16.5. The van der Waals surface area contributed by atoms with Crippen molar-refractivity contribution in [2.24, 2.45) is 5.73 Å². The first kappa shape index (κ1) is 13.3. The number of nitrogens with zero attached hydrogens (tertiary/aromatic N) is 1. The van der Waals surface area contributed by atoms with Gasteiger partial charge >= 0.3 is 0 Å². The van der Waals surface area contributed by atoms with Gasteiger partial charge in [0.1, 0.15) is 6.23 Å². The molecule has 2 atom stereocenters.